The fourth-order valence-electron chi connectivity index (χ4n) is 4.77. The molecule has 9 heteroatoms. The predicted octanol–water partition coefficient (Wildman–Crippen LogP) is 7.40. The molecular formula is C31H31F3N2O4. The Balaban J connectivity index is 1.33. The Labute approximate surface area is 230 Å². The number of esters is 1. The molecule has 1 saturated carbocycles. The van der Waals surface area contributed by atoms with Gasteiger partial charge in [0.15, 0.2) is 0 Å². The van der Waals surface area contributed by atoms with E-state index in [4.69, 9.17) is 14.5 Å². The van der Waals surface area contributed by atoms with Crippen molar-refractivity contribution in [2.75, 3.05) is 6.61 Å². The van der Waals surface area contributed by atoms with Crippen molar-refractivity contribution in [2.45, 2.75) is 52.1 Å². The van der Waals surface area contributed by atoms with Crippen molar-refractivity contribution in [3.8, 4) is 22.9 Å². The number of fused-ring (bicyclic) bond motifs is 1. The van der Waals surface area contributed by atoms with Gasteiger partial charge in [-0.1, -0.05) is 30.3 Å². The van der Waals surface area contributed by atoms with Gasteiger partial charge >= 0.3 is 12.3 Å². The second kappa shape index (κ2) is 10.9. The summed E-state index contributed by atoms with van der Waals surface area (Å²) in [7, 11) is 0. The first kappa shape index (κ1) is 27.6. The van der Waals surface area contributed by atoms with Crippen LogP contribution in [0.15, 0.2) is 72.8 Å². The van der Waals surface area contributed by atoms with Crippen molar-refractivity contribution in [2.24, 2.45) is 11.8 Å². The van der Waals surface area contributed by atoms with Crippen molar-refractivity contribution >= 4 is 17.0 Å². The number of ether oxygens (including phenoxy) is 3. The van der Waals surface area contributed by atoms with Gasteiger partial charge in [0.1, 0.15) is 22.9 Å². The van der Waals surface area contributed by atoms with Crippen LogP contribution in [-0.4, -0.2) is 34.1 Å². The first-order valence-corrected chi connectivity index (χ1v) is 13.2. The van der Waals surface area contributed by atoms with Crippen LogP contribution in [0.5, 0.6) is 11.5 Å². The van der Waals surface area contributed by atoms with E-state index in [2.05, 4.69) is 4.74 Å². The molecule has 40 heavy (non-hydrogen) atoms. The van der Waals surface area contributed by atoms with E-state index < -0.39 is 12.0 Å². The second-order valence-corrected chi connectivity index (χ2v) is 11.0. The van der Waals surface area contributed by atoms with Crippen molar-refractivity contribution in [1.29, 1.82) is 0 Å². The summed E-state index contributed by atoms with van der Waals surface area (Å²) >= 11 is 0. The lowest BCUT2D eigenvalue weighted by molar-refractivity contribution is -0.274. The molecular weight excluding hydrogens is 521 g/mol. The molecule has 0 saturated heterocycles. The fourth-order valence-corrected chi connectivity index (χ4v) is 4.77. The molecule has 3 aromatic carbocycles. The van der Waals surface area contributed by atoms with Crippen LogP contribution in [0.4, 0.5) is 13.2 Å². The number of para-hydroxylation sites is 3. The lowest BCUT2D eigenvalue weighted by Gasteiger charge is -2.19. The van der Waals surface area contributed by atoms with Crippen molar-refractivity contribution in [3.63, 3.8) is 0 Å². The van der Waals surface area contributed by atoms with Gasteiger partial charge in [0.25, 0.3) is 0 Å². The van der Waals surface area contributed by atoms with Crippen molar-refractivity contribution < 1.29 is 32.2 Å². The summed E-state index contributed by atoms with van der Waals surface area (Å²) in [6, 6.07) is 21.1. The van der Waals surface area contributed by atoms with Gasteiger partial charge in [-0.3, -0.25) is 4.79 Å². The van der Waals surface area contributed by atoms with Gasteiger partial charge in [0.05, 0.1) is 24.2 Å². The molecule has 1 aliphatic rings. The monoisotopic (exact) mass is 552 g/mol. The van der Waals surface area contributed by atoms with Gasteiger partial charge in [-0.15, -0.1) is 13.2 Å². The Morgan fingerprint density at radius 2 is 1.65 bits per heavy atom. The minimum atomic E-state index is -4.76. The molecule has 6 nitrogen and oxygen atoms in total. The molecule has 1 heterocycles. The number of nitrogens with zero attached hydrogens (tertiary/aromatic N) is 2. The third-order valence-electron chi connectivity index (χ3n) is 6.67. The quantitative estimate of drug-likeness (QED) is 0.203. The summed E-state index contributed by atoms with van der Waals surface area (Å²) in [4.78, 5) is 16.9. The maximum absolute atomic E-state index is 12.6. The van der Waals surface area contributed by atoms with Gasteiger partial charge in [-0.2, -0.15) is 0 Å². The van der Waals surface area contributed by atoms with E-state index >= 15 is 0 Å². The highest BCUT2D eigenvalue weighted by Gasteiger charge is 2.40. The lowest BCUT2D eigenvalue weighted by Crippen LogP contribution is -2.24. The highest BCUT2D eigenvalue weighted by Crippen LogP contribution is 2.42. The van der Waals surface area contributed by atoms with Gasteiger partial charge in [0, 0.05) is 17.5 Å². The highest BCUT2D eigenvalue weighted by molar-refractivity contribution is 5.81. The third-order valence-corrected chi connectivity index (χ3v) is 6.67. The van der Waals surface area contributed by atoms with E-state index in [-0.39, 0.29) is 17.6 Å². The number of alkyl halides is 3. The standard InChI is InChI=1S/C31H31F3N2O4/c1-30(2,3)40-28(37)17-22-16-23(22)19-38-27-11-7-4-8-21(27)18-36-26-10-6-5-9-25(26)35-29(36)20-12-14-24(15-13-20)39-31(32,33)34/h4-15,22-23H,16-19H2,1-3H3. The first-order chi connectivity index (χ1) is 18.9. The Kier molecular flexibility index (Phi) is 7.49. The molecule has 2 atom stereocenters. The number of hydrogen-bond acceptors (Lipinski definition) is 5. The molecule has 0 N–H and O–H groups in total. The number of rotatable bonds is 9. The molecule has 0 bridgehead atoms. The number of halogens is 3. The highest BCUT2D eigenvalue weighted by atomic mass is 19.4. The van der Waals surface area contributed by atoms with E-state index in [1.165, 1.54) is 12.1 Å². The van der Waals surface area contributed by atoms with E-state index in [1.807, 2.05) is 73.9 Å². The Morgan fingerprint density at radius 3 is 2.38 bits per heavy atom. The third kappa shape index (κ3) is 6.94. The summed E-state index contributed by atoms with van der Waals surface area (Å²) < 4.78 is 55.6. The van der Waals surface area contributed by atoms with E-state index in [0.717, 1.165) is 28.8 Å². The molecule has 2 unspecified atom stereocenters. The summed E-state index contributed by atoms with van der Waals surface area (Å²) in [5.74, 6) is 1.44. The predicted molar refractivity (Wildman–Crippen MR) is 145 cm³/mol. The molecule has 4 aromatic rings. The van der Waals surface area contributed by atoms with Crippen LogP contribution in [0, 0.1) is 11.8 Å². The largest absolute Gasteiger partial charge is 0.573 e. The molecule has 0 spiro atoms. The number of benzene rings is 3. The normalized spacial score (nSPS) is 17.1. The average molecular weight is 553 g/mol. The van der Waals surface area contributed by atoms with Crippen molar-refractivity contribution in [1.82, 2.24) is 9.55 Å². The molecule has 210 valence electrons. The lowest BCUT2D eigenvalue weighted by atomic mass is 10.1. The first-order valence-electron chi connectivity index (χ1n) is 13.2. The number of carbonyl (C=O) groups is 1. The smallest absolute Gasteiger partial charge is 0.493 e. The fraction of sp³-hybridized carbons (Fsp3) is 0.355. The van der Waals surface area contributed by atoms with Gasteiger partial charge in [-0.25, -0.2) is 4.98 Å². The summed E-state index contributed by atoms with van der Waals surface area (Å²) in [5, 5.41) is 0. The number of imidazole rings is 1. The topological polar surface area (TPSA) is 62.6 Å². The Morgan fingerprint density at radius 1 is 0.950 bits per heavy atom. The van der Waals surface area contributed by atoms with Gasteiger partial charge in [0.2, 0.25) is 0 Å². The second-order valence-electron chi connectivity index (χ2n) is 11.0. The molecule has 1 aromatic heterocycles. The van der Waals surface area contributed by atoms with Crippen molar-refractivity contribution in [3.05, 3.63) is 78.4 Å². The van der Waals surface area contributed by atoms with Crippen LogP contribution in [-0.2, 0) is 16.1 Å². The summed E-state index contributed by atoms with van der Waals surface area (Å²) in [5.41, 5.74) is 2.77. The summed E-state index contributed by atoms with van der Waals surface area (Å²) in [6.45, 7) is 6.53. The number of hydrogen-bond donors (Lipinski definition) is 0. The van der Waals surface area contributed by atoms with E-state index in [0.29, 0.717) is 36.9 Å². The van der Waals surface area contributed by atoms with E-state index in [9.17, 15) is 18.0 Å². The zero-order chi connectivity index (χ0) is 28.5. The number of carbonyl (C=O) groups excluding carboxylic acids is 1. The molecule has 0 radical (unpaired) electrons. The van der Waals surface area contributed by atoms with Crippen LogP contribution >= 0.6 is 0 Å². The van der Waals surface area contributed by atoms with Crippen LogP contribution in [0.25, 0.3) is 22.4 Å². The van der Waals surface area contributed by atoms with Gasteiger partial charge in [-0.05, 0) is 81.5 Å². The molecule has 1 aliphatic carbocycles. The maximum Gasteiger partial charge on any atom is 0.573 e. The van der Waals surface area contributed by atoms with Crippen LogP contribution in [0.2, 0.25) is 0 Å². The van der Waals surface area contributed by atoms with Gasteiger partial charge < -0.3 is 18.8 Å². The minimum absolute atomic E-state index is 0.182. The number of aromatic nitrogens is 2. The van der Waals surface area contributed by atoms with Crippen LogP contribution < -0.4 is 9.47 Å². The average Bonchev–Trinajstić information content (AvgIpc) is 3.50. The Bertz CT molecular complexity index is 1490. The molecule has 0 aliphatic heterocycles. The molecule has 0 amide bonds. The zero-order valence-corrected chi connectivity index (χ0v) is 22.6. The molecule has 5 rings (SSSR count). The van der Waals surface area contributed by atoms with Crippen LogP contribution in [0.1, 0.15) is 39.2 Å². The van der Waals surface area contributed by atoms with E-state index in [1.54, 1.807) is 12.1 Å². The van der Waals surface area contributed by atoms with Crippen LogP contribution in [0.3, 0.4) is 0 Å². The maximum atomic E-state index is 12.6. The SMILES string of the molecule is CC(C)(C)OC(=O)CC1CC1COc1ccccc1Cn1c(-c2ccc(OC(F)(F)F)cc2)nc2ccccc21. The summed E-state index contributed by atoms with van der Waals surface area (Å²) in [6.07, 6.45) is -3.44. The zero-order valence-electron chi connectivity index (χ0n) is 22.6. The Hall–Kier alpha value is -4.01. The minimum Gasteiger partial charge on any atom is -0.493 e. The molecule has 1 fully saturated rings.